The molecule has 0 aromatic heterocycles. The molecule has 5 nitrogen and oxygen atoms in total. The number of rotatable bonds is 4. The van der Waals surface area contributed by atoms with E-state index in [9.17, 15) is 9.59 Å². The van der Waals surface area contributed by atoms with E-state index in [-0.39, 0.29) is 11.3 Å². The number of aryl methyl sites for hydroxylation is 1. The molecule has 120 valence electrons. The van der Waals surface area contributed by atoms with E-state index in [1.807, 2.05) is 13.0 Å². The number of halogens is 2. The van der Waals surface area contributed by atoms with Crippen molar-refractivity contribution < 1.29 is 14.3 Å². The Morgan fingerprint density at radius 1 is 1.17 bits per heavy atom. The Labute approximate surface area is 143 Å². The lowest BCUT2D eigenvalue weighted by Crippen LogP contribution is -2.21. The topological polar surface area (TPSA) is 81.4 Å². The van der Waals surface area contributed by atoms with Gasteiger partial charge in [-0.25, -0.2) is 4.79 Å². The molecule has 0 saturated carbocycles. The second-order valence-corrected chi connectivity index (χ2v) is 5.68. The molecule has 0 fully saturated rings. The Kier molecular flexibility index (Phi) is 5.47. The van der Waals surface area contributed by atoms with Crippen molar-refractivity contribution in [1.82, 2.24) is 0 Å². The largest absolute Gasteiger partial charge is 0.452 e. The molecule has 2 rings (SSSR count). The van der Waals surface area contributed by atoms with Crippen LogP contribution in [0.25, 0.3) is 0 Å². The number of nitrogens with one attached hydrogen (secondary N) is 1. The van der Waals surface area contributed by atoms with Crippen molar-refractivity contribution >= 4 is 46.5 Å². The number of carbonyl (C=O) groups is 2. The number of ether oxygens (including phenoxy) is 1. The summed E-state index contributed by atoms with van der Waals surface area (Å²) in [5.74, 6) is -1.21. The fraction of sp³-hybridized carbons (Fsp3) is 0.125. The van der Waals surface area contributed by atoms with Crippen LogP contribution in [0.2, 0.25) is 10.0 Å². The van der Waals surface area contributed by atoms with E-state index in [0.29, 0.717) is 15.7 Å². The second-order valence-electron chi connectivity index (χ2n) is 4.84. The highest BCUT2D eigenvalue weighted by molar-refractivity contribution is 6.33. The predicted octanol–water partition coefficient (Wildman–Crippen LogP) is 3.68. The molecule has 0 bridgehead atoms. The minimum atomic E-state index is -0.704. The highest BCUT2D eigenvalue weighted by Gasteiger charge is 2.14. The maximum atomic E-state index is 11.9. The molecule has 0 aliphatic rings. The summed E-state index contributed by atoms with van der Waals surface area (Å²) in [5, 5.41) is 3.38. The first-order valence-corrected chi connectivity index (χ1v) is 7.40. The van der Waals surface area contributed by atoms with Gasteiger partial charge in [-0.3, -0.25) is 4.79 Å². The highest BCUT2D eigenvalue weighted by atomic mass is 35.5. The van der Waals surface area contributed by atoms with Gasteiger partial charge < -0.3 is 15.8 Å². The lowest BCUT2D eigenvalue weighted by atomic mass is 10.2. The van der Waals surface area contributed by atoms with E-state index in [0.717, 1.165) is 5.56 Å². The van der Waals surface area contributed by atoms with Gasteiger partial charge in [-0.2, -0.15) is 0 Å². The fourth-order valence-corrected chi connectivity index (χ4v) is 2.30. The number of nitrogen functional groups attached to an aromatic ring is 1. The van der Waals surface area contributed by atoms with Crippen molar-refractivity contribution in [2.75, 3.05) is 17.7 Å². The third kappa shape index (κ3) is 4.61. The van der Waals surface area contributed by atoms with Crippen LogP contribution in [0, 0.1) is 6.92 Å². The molecule has 3 N–H and O–H groups in total. The van der Waals surface area contributed by atoms with E-state index in [4.69, 9.17) is 33.7 Å². The maximum Gasteiger partial charge on any atom is 0.340 e. The van der Waals surface area contributed by atoms with Crippen molar-refractivity contribution in [3.8, 4) is 0 Å². The summed E-state index contributed by atoms with van der Waals surface area (Å²) in [6.07, 6.45) is 0. The number of hydrogen-bond acceptors (Lipinski definition) is 4. The van der Waals surface area contributed by atoms with Gasteiger partial charge in [-0.05, 0) is 42.8 Å². The standard InChI is InChI=1S/C16H14Cl2N2O3/c1-9-2-5-14(12(18)6-9)20-15(21)8-23-16(22)11-4-3-10(17)7-13(11)19/h2-7H,8,19H2,1H3,(H,20,21). The Balaban J connectivity index is 1.94. The van der Waals surface area contributed by atoms with Crippen LogP contribution >= 0.6 is 23.2 Å². The zero-order valence-corrected chi connectivity index (χ0v) is 13.7. The highest BCUT2D eigenvalue weighted by Crippen LogP contribution is 2.22. The number of nitrogens with two attached hydrogens (primary N) is 1. The average Bonchev–Trinajstić information content (AvgIpc) is 2.48. The van der Waals surface area contributed by atoms with Crippen LogP contribution in [-0.2, 0) is 9.53 Å². The molecule has 0 heterocycles. The molecular weight excluding hydrogens is 339 g/mol. The summed E-state index contributed by atoms with van der Waals surface area (Å²) >= 11 is 11.8. The van der Waals surface area contributed by atoms with E-state index < -0.39 is 18.5 Å². The Bertz CT molecular complexity index is 763. The normalized spacial score (nSPS) is 10.2. The predicted molar refractivity (Wildman–Crippen MR) is 91.0 cm³/mol. The van der Waals surface area contributed by atoms with Crippen molar-refractivity contribution in [1.29, 1.82) is 0 Å². The van der Waals surface area contributed by atoms with Gasteiger partial charge in [0.25, 0.3) is 5.91 Å². The average molecular weight is 353 g/mol. The SMILES string of the molecule is Cc1ccc(NC(=O)COC(=O)c2ccc(Cl)cc2N)c(Cl)c1. The Morgan fingerprint density at radius 2 is 1.91 bits per heavy atom. The monoisotopic (exact) mass is 352 g/mol. The molecule has 23 heavy (non-hydrogen) atoms. The third-order valence-corrected chi connectivity index (χ3v) is 3.51. The smallest absolute Gasteiger partial charge is 0.340 e. The molecule has 0 spiro atoms. The lowest BCUT2D eigenvalue weighted by Gasteiger charge is -2.09. The molecule has 0 aliphatic carbocycles. The first-order valence-electron chi connectivity index (χ1n) is 6.65. The Hall–Kier alpha value is -2.24. The third-order valence-electron chi connectivity index (χ3n) is 2.97. The van der Waals surface area contributed by atoms with E-state index in [1.54, 1.807) is 12.1 Å². The number of benzene rings is 2. The van der Waals surface area contributed by atoms with Crippen LogP contribution in [0.5, 0.6) is 0 Å². The number of carbonyl (C=O) groups excluding carboxylic acids is 2. The quantitative estimate of drug-likeness (QED) is 0.649. The molecule has 1 amide bonds. The van der Waals surface area contributed by atoms with Gasteiger partial charge in [0.1, 0.15) is 0 Å². The minimum absolute atomic E-state index is 0.149. The zero-order valence-electron chi connectivity index (χ0n) is 12.2. The molecular formula is C16H14Cl2N2O3. The van der Waals surface area contributed by atoms with Crippen LogP contribution in [0.1, 0.15) is 15.9 Å². The number of amides is 1. The van der Waals surface area contributed by atoms with Crippen LogP contribution in [-0.4, -0.2) is 18.5 Å². The maximum absolute atomic E-state index is 11.9. The van der Waals surface area contributed by atoms with Gasteiger partial charge in [-0.15, -0.1) is 0 Å². The molecule has 7 heteroatoms. The first kappa shape index (κ1) is 17.1. The van der Waals surface area contributed by atoms with Gasteiger partial charge in [0, 0.05) is 10.7 Å². The van der Waals surface area contributed by atoms with Gasteiger partial charge in [0.05, 0.1) is 16.3 Å². The van der Waals surface area contributed by atoms with Crippen LogP contribution in [0.3, 0.4) is 0 Å². The number of hydrogen-bond donors (Lipinski definition) is 2. The summed E-state index contributed by atoms with van der Waals surface area (Å²) in [5.41, 5.74) is 7.43. The molecule has 0 aliphatic heterocycles. The molecule has 2 aromatic rings. The van der Waals surface area contributed by atoms with Crippen molar-refractivity contribution in [2.24, 2.45) is 0 Å². The molecule has 2 aromatic carbocycles. The molecule has 0 radical (unpaired) electrons. The molecule has 0 atom stereocenters. The summed E-state index contributed by atoms with van der Waals surface area (Å²) in [7, 11) is 0. The van der Waals surface area contributed by atoms with E-state index in [2.05, 4.69) is 5.32 Å². The van der Waals surface area contributed by atoms with Crippen molar-refractivity contribution in [3.63, 3.8) is 0 Å². The van der Waals surface area contributed by atoms with Crippen molar-refractivity contribution in [3.05, 3.63) is 57.6 Å². The minimum Gasteiger partial charge on any atom is -0.452 e. The number of esters is 1. The van der Waals surface area contributed by atoms with E-state index >= 15 is 0 Å². The van der Waals surface area contributed by atoms with Crippen LogP contribution in [0.15, 0.2) is 36.4 Å². The first-order chi connectivity index (χ1) is 10.9. The lowest BCUT2D eigenvalue weighted by molar-refractivity contribution is -0.119. The second kappa shape index (κ2) is 7.35. The Morgan fingerprint density at radius 3 is 2.57 bits per heavy atom. The van der Waals surface area contributed by atoms with Gasteiger partial charge in [0.2, 0.25) is 0 Å². The van der Waals surface area contributed by atoms with Gasteiger partial charge in [-0.1, -0.05) is 29.3 Å². The zero-order chi connectivity index (χ0) is 17.0. The van der Waals surface area contributed by atoms with Crippen LogP contribution < -0.4 is 11.1 Å². The summed E-state index contributed by atoms with van der Waals surface area (Å²) in [4.78, 5) is 23.7. The molecule has 0 unspecified atom stereocenters. The summed E-state index contributed by atoms with van der Waals surface area (Å²) in [6, 6.07) is 9.59. The van der Waals surface area contributed by atoms with Crippen molar-refractivity contribution in [2.45, 2.75) is 6.92 Å². The van der Waals surface area contributed by atoms with Crippen LogP contribution in [0.4, 0.5) is 11.4 Å². The fourth-order valence-electron chi connectivity index (χ4n) is 1.84. The van der Waals surface area contributed by atoms with E-state index in [1.165, 1.54) is 18.2 Å². The van der Waals surface area contributed by atoms with Gasteiger partial charge in [0.15, 0.2) is 6.61 Å². The summed E-state index contributed by atoms with van der Waals surface area (Å²) < 4.78 is 4.93. The summed E-state index contributed by atoms with van der Waals surface area (Å²) in [6.45, 7) is 1.43. The number of anilines is 2. The molecule has 0 saturated heterocycles. The van der Waals surface area contributed by atoms with Gasteiger partial charge >= 0.3 is 5.97 Å².